The highest BCUT2D eigenvalue weighted by atomic mass is 35.5. The average Bonchev–Trinajstić information content (AvgIpc) is 2.90. The van der Waals surface area contributed by atoms with Gasteiger partial charge in [-0.2, -0.15) is 5.10 Å². The number of nitrogens with zero attached hydrogens (tertiary/aromatic N) is 3. The van der Waals surface area contributed by atoms with Gasteiger partial charge in [0.15, 0.2) is 0 Å². The Morgan fingerprint density at radius 3 is 2.44 bits per heavy atom. The Bertz CT molecular complexity index is 558. The van der Waals surface area contributed by atoms with Crippen LogP contribution < -0.4 is 0 Å². The number of fused-ring (bicyclic) bond motifs is 1. The lowest BCUT2D eigenvalue weighted by Gasteiger charge is -2.42. The van der Waals surface area contributed by atoms with Crippen LogP contribution in [0.15, 0.2) is 5.10 Å². The van der Waals surface area contributed by atoms with Crippen molar-refractivity contribution in [3.8, 4) is 0 Å². The normalized spacial score (nSPS) is 38.9. The van der Waals surface area contributed by atoms with Crippen molar-refractivity contribution in [1.29, 1.82) is 0 Å². The van der Waals surface area contributed by atoms with E-state index in [2.05, 4.69) is 11.9 Å². The van der Waals surface area contributed by atoms with E-state index < -0.39 is 0 Å². The van der Waals surface area contributed by atoms with E-state index in [4.69, 9.17) is 16.7 Å². The molecule has 152 valence electrons. The summed E-state index contributed by atoms with van der Waals surface area (Å²) in [5.74, 6) is 1.68. The molecule has 2 aliphatic heterocycles. The van der Waals surface area contributed by atoms with E-state index >= 15 is 0 Å². The first kappa shape index (κ1) is 19.7. The van der Waals surface area contributed by atoms with Crippen molar-refractivity contribution < 1.29 is 4.79 Å². The summed E-state index contributed by atoms with van der Waals surface area (Å²) in [5, 5.41) is 7.44. The van der Waals surface area contributed by atoms with Crippen LogP contribution in [0.25, 0.3) is 0 Å². The molecule has 3 unspecified atom stereocenters. The van der Waals surface area contributed by atoms with Gasteiger partial charge in [0, 0.05) is 22.9 Å². The van der Waals surface area contributed by atoms with Gasteiger partial charge in [0.2, 0.25) is 5.91 Å². The number of rotatable bonds is 3. The molecule has 4 aliphatic rings. The van der Waals surface area contributed by atoms with Crippen LogP contribution in [-0.4, -0.2) is 53.1 Å². The molecular formula is C22H36ClN3O. The number of hydrazone groups is 1. The van der Waals surface area contributed by atoms with Gasteiger partial charge in [-0.25, -0.2) is 5.01 Å². The Balaban J connectivity index is 1.53. The minimum Gasteiger partial charge on any atom is -0.306 e. The molecule has 2 aliphatic carbocycles. The molecule has 2 heterocycles. The molecule has 4 nitrogen and oxygen atoms in total. The van der Waals surface area contributed by atoms with Crippen molar-refractivity contribution in [2.45, 2.75) is 88.5 Å². The number of likely N-dealkylation sites (tertiary alicyclic amines) is 1. The van der Waals surface area contributed by atoms with Gasteiger partial charge in [-0.1, -0.05) is 12.8 Å². The molecule has 5 heteroatoms. The molecule has 0 aromatic carbocycles. The molecule has 27 heavy (non-hydrogen) atoms. The van der Waals surface area contributed by atoms with Crippen LogP contribution in [0.3, 0.4) is 0 Å². The van der Waals surface area contributed by atoms with Gasteiger partial charge in [0.1, 0.15) is 0 Å². The fourth-order valence-corrected chi connectivity index (χ4v) is 6.05. The maximum atomic E-state index is 13.3. The zero-order chi connectivity index (χ0) is 18.8. The van der Waals surface area contributed by atoms with E-state index in [1.165, 1.54) is 44.2 Å². The monoisotopic (exact) mass is 393 g/mol. The third kappa shape index (κ3) is 4.53. The zero-order valence-electron chi connectivity index (χ0n) is 16.9. The summed E-state index contributed by atoms with van der Waals surface area (Å²) in [4.78, 5) is 15.7. The van der Waals surface area contributed by atoms with Crippen LogP contribution in [0.1, 0.15) is 77.0 Å². The summed E-state index contributed by atoms with van der Waals surface area (Å²) < 4.78 is 0. The van der Waals surface area contributed by atoms with E-state index in [-0.39, 0.29) is 5.92 Å². The van der Waals surface area contributed by atoms with Crippen LogP contribution in [0, 0.1) is 17.8 Å². The quantitative estimate of drug-likeness (QED) is 0.653. The molecule has 0 radical (unpaired) electrons. The summed E-state index contributed by atoms with van der Waals surface area (Å²) in [6, 6.07) is 0.305. The van der Waals surface area contributed by atoms with Crippen LogP contribution in [0.4, 0.5) is 0 Å². The van der Waals surface area contributed by atoms with E-state index in [1.807, 2.05) is 5.01 Å². The van der Waals surface area contributed by atoms with Crippen molar-refractivity contribution in [2.75, 3.05) is 20.1 Å². The van der Waals surface area contributed by atoms with Crippen LogP contribution in [-0.2, 0) is 4.79 Å². The average molecular weight is 394 g/mol. The minimum absolute atomic E-state index is 0.205. The van der Waals surface area contributed by atoms with E-state index in [0.29, 0.717) is 23.2 Å². The first-order chi connectivity index (χ1) is 13.1. The van der Waals surface area contributed by atoms with Crippen molar-refractivity contribution in [2.24, 2.45) is 22.9 Å². The molecule has 0 bridgehead atoms. The Kier molecular flexibility index (Phi) is 6.43. The summed E-state index contributed by atoms with van der Waals surface area (Å²) >= 11 is 6.32. The second-order valence-electron chi connectivity index (χ2n) is 9.48. The summed E-state index contributed by atoms with van der Waals surface area (Å²) in [6.07, 6.45) is 13.9. The zero-order valence-corrected chi connectivity index (χ0v) is 17.7. The third-order valence-corrected chi connectivity index (χ3v) is 7.95. The van der Waals surface area contributed by atoms with Crippen LogP contribution >= 0.6 is 11.6 Å². The number of amides is 1. The highest BCUT2D eigenvalue weighted by Gasteiger charge is 2.43. The highest BCUT2D eigenvalue weighted by molar-refractivity contribution is 6.20. The van der Waals surface area contributed by atoms with E-state index in [0.717, 1.165) is 57.5 Å². The van der Waals surface area contributed by atoms with Crippen molar-refractivity contribution >= 4 is 23.2 Å². The second-order valence-corrected chi connectivity index (χ2v) is 10.1. The lowest BCUT2D eigenvalue weighted by atomic mass is 9.72. The predicted octanol–water partition coefficient (Wildman–Crippen LogP) is 4.66. The van der Waals surface area contributed by atoms with Crippen molar-refractivity contribution in [3.63, 3.8) is 0 Å². The molecule has 0 aromatic heterocycles. The number of carbonyl (C=O) groups excluding carboxylic acids is 1. The first-order valence-corrected chi connectivity index (χ1v) is 11.8. The fourth-order valence-electron chi connectivity index (χ4n) is 5.80. The molecule has 0 spiro atoms. The summed E-state index contributed by atoms with van der Waals surface area (Å²) in [5.41, 5.74) is 1.36. The lowest BCUT2D eigenvalue weighted by molar-refractivity contribution is -0.141. The van der Waals surface area contributed by atoms with Gasteiger partial charge in [0.25, 0.3) is 0 Å². The fraction of sp³-hybridized carbons (Fsp3) is 0.909. The largest absolute Gasteiger partial charge is 0.306 e. The van der Waals surface area contributed by atoms with Gasteiger partial charge in [-0.05, 0) is 90.3 Å². The standard InChI is InChI=1S/C22H36ClN3O/c1-25-13-4-5-18(12-14-25)26-22(27)20-7-3-2-6-19(20)21(24-26)15-16-8-10-17(23)11-9-16/h16-20H,2-15H2,1H3. The smallest absolute Gasteiger partial charge is 0.246 e. The Labute approximate surface area is 169 Å². The summed E-state index contributed by atoms with van der Waals surface area (Å²) in [6.45, 7) is 2.22. The Morgan fingerprint density at radius 2 is 1.67 bits per heavy atom. The SMILES string of the molecule is CN1CCCC(N2N=C(CC3CCC(Cl)CC3)C3CCCCC3C2=O)CC1. The lowest BCUT2D eigenvalue weighted by Crippen LogP contribution is -2.50. The maximum Gasteiger partial charge on any atom is 0.246 e. The molecule has 0 aromatic rings. The molecule has 1 amide bonds. The summed E-state index contributed by atoms with van der Waals surface area (Å²) in [7, 11) is 2.19. The molecule has 0 N–H and O–H groups in total. The van der Waals surface area contributed by atoms with Gasteiger partial charge >= 0.3 is 0 Å². The number of halogens is 1. The molecule has 1 saturated heterocycles. The Hall–Kier alpha value is -0.610. The molecule has 3 fully saturated rings. The second kappa shape index (κ2) is 8.82. The molecular weight excluding hydrogens is 358 g/mol. The van der Waals surface area contributed by atoms with Gasteiger partial charge in [-0.15, -0.1) is 11.6 Å². The van der Waals surface area contributed by atoms with Gasteiger partial charge < -0.3 is 4.90 Å². The third-order valence-electron chi connectivity index (χ3n) is 7.51. The van der Waals surface area contributed by atoms with Crippen molar-refractivity contribution in [3.05, 3.63) is 0 Å². The highest BCUT2D eigenvalue weighted by Crippen LogP contribution is 2.40. The van der Waals surface area contributed by atoms with E-state index in [9.17, 15) is 4.79 Å². The molecule has 2 saturated carbocycles. The number of hydrogen-bond acceptors (Lipinski definition) is 3. The molecule has 4 rings (SSSR count). The van der Waals surface area contributed by atoms with Gasteiger partial charge in [0.05, 0.1) is 6.04 Å². The first-order valence-electron chi connectivity index (χ1n) is 11.3. The van der Waals surface area contributed by atoms with E-state index in [1.54, 1.807) is 0 Å². The molecule has 3 atom stereocenters. The Morgan fingerprint density at radius 1 is 0.926 bits per heavy atom. The van der Waals surface area contributed by atoms with Gasteiger partial charge in [-0.3, -0.25) is 4.79 Å². The minimum atomic E-state index is 0.205. The van der Waals surface area contributed by atoms with Crippen LogP contribution in [0.5, 0.6) is 0 Å². The van der Waals surface area contributed by atoms with Crippen LogP contribution in [0.2, 0.25) is 0 Å². The number of alkyl halides is 1. The number of hydrogen-bond donors (Lipinski definition) is 0. The topological polar surface area (TPSA) is 35.9 Å². The maximum absolute atomic E-state index is 13.3. The number of carbonyl (C=O) groups is 1. The van der Waals surface area contributed by atoms with Crippen molar-refractivity contribution in [1.82, 2.24) is 9.91 Å². The predicted molar refractivity (Wildman–Crippen MR) is 111 cm³/mol.